The van der Waals surface area contributed by atoms with Gasteiger partial charge in [-0.15, -0.1) is 0 Å². The lowest BCUT2D eigenvalue weighted by atomic mass is 10.1. The molecular weight excluding hydrogens is 454 g/mol. The molecule has 7 nitrogen and oxygen atoms in total. The number of carbonyl (C=O) groups excluding carboxylic acids is 2. The summed E-state index contributed by atoms with van der Waals surface area (Å²) in [5, 5.41) is 2.26. The van der Waals surface area contributed by atoms with Crippen molar-refractivity contribution < 1.29 is 31.9 Å². The number of rotatable bonds is 4. The molecule has 0 bridgehead atoms. The van der Waals surface area contributed by atoms with Gasteiger partial charge in [0.1, 0.15) is 11.4 Å². The molecular formula is C20H19F4N3O4S. The average Bonchev–Trinajstić information content (AvgIpc) is 3.15. The number of alkyl halides is 3. The van der Waals surface area contributed by atoms with Gasteiger partial charge in [0.15, 0.2) is 0 Å². The van der Waals surface area contributed by atoms with E-state index in [2.05, 4.69) is 0 Å². The smallest absolute Gasteiger partial charge is 0.462 e. The average molecular weight is 473 g/mol. The Morgan fingerprint density at radius 2 is 2.03 bits per heavy atom. The largest absolute Gasteiger partial charge is 0.471 e. The van der Waals surface area contributed by atoms with Crippen LogP contribution in [0.15, 0.2) is 22.0 Å². The number of nitrogens with one attached hydrogen (secondary N) is 1. The molecule has 3 heterocycles. The van der Waals surface area contributed by atoms with E-state index in [-0.39, 0.29) is 48.1 Å². The number of carbonyl (C=O) groups is 2. The highest BCUT2D eigenvalue weighted by molar-refractivity contribution is 8.00. The maximum absolute atomic E-state index is 15.0. The van der Waals surface area contributed by atoms with Crippen molar-refractivity contribution in [3.05, 3.63) is 33.7 Å². The number of fused-ring (bicyclic) bond motifs is 3. The Morgan fingerprint density at radius 3 is 2.66 bits per heavy atom. The number of benzene rings is 1. The van der Waals surface area contributed by atoms with E-state index in [4.69, 9.17) is 4.74 Å². The Morgan fingerprint density at radius 1 is 1.31 bits per heavy atom. The summed E-state index contributed by atoms with van der Waals surface area (Å²) < 4.78 is 59.2. The molecule has 1 N–H and O–H groups in total. The molecule has 1 amide bonds. The maximum atomic E-state index is 15.0. The molecule has 12 heteroatoms. The fraction of sp³-hybridized carbons (Fsp3) is 0.450. The third kappa shape index (κ3) is 3.70. The number of halogens is 4. The number of nitrogens with zero attached hydrogens (tertiary/aromatic N) is 2. The van der Waals surface area contributed by atoms with Crippen LogP contribution >= 0.6 is 11.8 Å². The highest BCUT2D eigenvalue weighted by Gasteiger charge is 2.41. The zero-order chi connectivity index (χ0) is 23.4. The fourth-order valence-electron chi connectivity index (χ4n) is 4.03. The molecule has 1 saturated heterocycles. The first-order valence-electron chi connectivity index (χ1n) is 9.91. The third-order valence-electron chi connectivity index (χ3n) is 5.48. The predicted molar refractivity (Wildman–Crippen MR) is 110 cm³/mol. The van der Waals surface area contributed by atoms with Crippen LogP contribution in [0.4, 0.5) is 23.2 Å². The normalized spacial score (nSPS) is 20.1. The van der Waals surface area contributed by atoms with Gasteiger partial charge in [-0.05, 0) is 32.4 Å². The first-order valence-corrected chi connectivity index (χ1v) is 10.8. The molecule has 0 saturated carbocycles. The molecule has 0 aliphatic carbocycles. The van der Waals surface area contributed by atoms with Crippen molar-refractivity contribution in [3.63, 3.8) is 0 Å². The van der Waals surface area contributed by atoms with Crippen LogP contribution in [0.2, 0.25) is 0 Å². The second kappa shape index (κ2) is 7.98. The lowest BCUT2D eigenvalue weighted by Gasteiger charge is -2.33. The molecule has 32 heavy (non-hydrogen) atoms. The fourth-order valence-corrected chi connectivity index (χ4v) is 5.18. The van der Waals surface area contributed by atoms with E-state index in [0.717, 1.165) is 6.07 Å². The van der Waals surface area contributed by atoms with Gasteiger partial charge < -0.3 is 19.5 Å². The Balaban J connectivity index is 1.71. The summed E-state index contributed by atoms with van der Waals surface area (Å²) in [4.78, 5) is 38.0. The predicted octanol–water partition coefficient (Wildman–Crippen LogP) is 3.20. The third-order valence-corrected chi connectivity index (χ3v) is 6.65. The van der Waals surface area contributed by atoms with Gasteiger partial charge in [0.2, 0.25) is 5.43 Å². The summed E-state index contributed by atoms with van der Waals surface area (Å²) in [6.07, 6.45) is -4.78. The molecule has 1 fully saturated rings. The highest BCUT2D eigenvalue weighted by Crippen LogP contribution is 2.47. The van der Waals surface area contributed by atoms with Crippen molar-refractivity contribution in [2.45, 2.75) is 42.9 Å². The monoisotopic (exact) mass is 473 g/mol. The molecule has 2 aromatic rings. The van der Waals surface area contributed by atoms with E-state index in [0.29, 0.717) is 10.5 Å². The highest BCUT2D eigenvalue weighted by atomic mass is 32.2. The van der Waals surface area contributed by atoms with Crippen LogP contribution in [0, 0.1) is 5.82 Å². The number of aromatic nitrogens is 1. The summed E-state index contributed by atoms with van der Waals surface area (Å²) in [6, 6.07) is 1.72. The Labute approximate surface area is 183 Å². The minimum absolute atomic E-state index is 0.00739. The number of anilines is 1. The van der Waals surface area contributed by atoms with Crippen LogP contribution in [0.1, 0.15) is 36.0 Å². The van der Waals surface area contributed by atoms with E-state index >= 15 is 0 Å². The molecule has 1 aromatic carbocycles. The summed E-state index contributed by atoms with van der Waals surface area (Å²) in [6.45, 7) is 3.79. The number of thioether (sulfide) groups is 1. The lowest BCUT2D eigenvalue weighted by Crippen LogP contribution is -2.44. The summed E-state index contributed by atoms with van der Waals surface area (Å²) in [7, 11) is 0. The van der Waals surface area contributed by atoms with Crippen molar-refractivity contribution >= 4 is 40.2 Å². The number of ether oxygens (including phenoxy) is 1. The van der Waals surface area contributed by atoms with Crippen LogP contribution in [0.5, 0.6) is 0 Å². The van der Waals surface area contributed by atoms with E-state index < -0.39 is 35.3 Å². The van der Waals surface area contributed by atoms with E-state index in [9.17, 15) is 31.9 Å². The molecule has 2 aliphatic rings. The second-order valence-electron chi connectivity index (χ2n) is 7.54. The minimum Gasteiger partial charge on any atom is -0.462 e. The second-order valence-corrected chi connectivity index (χ2v) is 8.85. The Kier molecular flexibility index (Phi) is 5.60. The Bertz CT molecular complexity index is 1180. The first kappa shape index (κ1) is 22.4. The van der Waals surface area contributed by atoms with Gasteiger partial charge in [0.05, 0.1) is 28.2 Å². The van der Waals surface area contributed by atoms with Crippen molar-refractivity contribution in [2.75, 3.05) is 24.6 Å². The van der Waals surface area contributed by atoms with Gasteiger partial charge >= 0.3 is 18.1 Å². The summed E-state index contributed by atoms with van der Waals surface area (Å²) in [5.41, 5.74) is -0.233. The molecule has 172 valence electrons. The Hall–Kier alpha value is -2.76. The van der Waals surface area contributed by atoms with E-state index in [1.54, 1.807) is 11.5 Å². The topological polar surface area (TPSA) is 80.6 Å². The van der Waals surface area contributed by atoms with Crippen LogP contribution < -0.4 is 15.6 Å². The quantitative estimate of drug-likeness (QED) is 0.543. The molecule has 0 spiro atoms. The van der Waals surface area contributed by atoms with Crippen molar-refractivity contribution in [3.8, 4) is 0 Å². The van der Waals surface area contributed by atoms with Crippen LogP contribution in [-0.4, -0.2) is 48.4 Å². The summed E-state index contributed by atoms with van der Waals surface area (Å²) in [5.74, 6) is -3.55. The van der Waals surface area contributed by atoms with Gasteiger partial charge in [0, 0.05) is 24.5 Å². The zero-order valence-corrected chi connectivity index (χ0v) is 17.9. The molecule has 1 unspecified atom stereocenters. The number of esters is 1. The van der Waals surface area contributed by atoms with Crippen molar-refractivity contribution in [1.82, 2.24) is 9.88 Å². The van der Waals surface area contributed by atoms with Crippen LogP contribution in [-0.2, 0) is 9.53 Å². The van der Waals surface area contributed by atoms with Gasteiger partial charge in [-0.25, -0.2) is 9.18 Å². The molecule has 4 rings (SSSR count). The maximum Gasteiger partial charge on any atom is 0.471 e. The SMILES string of the molecule is CCOC(=O)c1c2n(c3cc(N4CC[C@H](NC(=O)C(F)(F)F)C4)c(F)cc3c1=O)C(C)S2. The van der Waals surface area contributed by atoms with Crippen LogP contribution in [0.3, 0.4) is 0 Å². The van der Waals surface area contributed by atoms with Gasteiger partial charge in [-0.3, -0.25) is 9.59 Å². The molecule has 2 atom stereocenters. The number of hydrogen-bond donors (Lipinski definition) is 1. The number of pyridine rings is 1. The summed E-state index contributed by atoms with van der Waals surface area (Å²) >= 11 is 1.32. The van der Waals surface area contributed by atoms with Crippen molar-refractivity contribution in [2.24, 2.45) is 0 Å². The number of hydrogen-bond acceptors (Lipinski definition) is 6. The van der Waals surface area contributed by atoms with Gasteiger partial charge in [-0.2, -0.15) is 13.2 Å². The van der Waals surface area contributed by atoms with E-state index in [1.165, 1.54) is 22.7 Å². The molecule has 1 aromatic heterocycles. The molecule has 2 aliphatic heterocycles. The van der Waals surface area contributed by atoms with Gasteiger partial charge in [-0.1, -0.05) is 11.8 Å². The number of amides is 1. The standard InChI is InChI=1S/C20H19F4N3O4S/c1-3-31-18(29)15-16(28)11-6-12(21)14(7-13(11)27-9(2)32-17(15)27)26-5-4-10(8-26)25-19(30)20(22,23)24/h6-7,9-10H,3-5,8H2,1-2H3,(H,25,30)/t9?,10-/m0/s1. The first-order chi connectivity index (χ1) is 15.0. The lowest BCUT2D eigenvalue weighted by molar-refractivity contribution is -0.174. The zero-order valence-electron chi connectivity index (χ0n) is 17.1. The molecule has 0 radical (unpaired) electrons. The van der Waals surface area contributed by atoms with Gasteiger partial charge in [0.25, 0.3) is 0 Å². The minimum atomic E-state index is -4.99. The van der Waals surface area contributed by atoms with E-state index in [1.807, 2.05) is 12.2 Å². The van der Waals surface area contributed by atoms with Crippen LogP contribution in [0.25, 0.3) is 10.9 Å². The van der Waals surface area contributed by atoms with Crippen molar-refractivity contribution in [1.29, 1.82) is 0 Å².